The van der Waals surface area contributed by atoms with Gasteiger partial charge in [0.05, 0.1) is 6.61 Å². The molecule has 0 atom stereocenters. The largest absolute Gasteiger partial charge is 0.466 e. The summed E-state index contributed by atoms with van der Waals surface area (Å²) in [7, 11) is 0. The van der Waals surface area contributed by atoms with E-state index in [-0.39, 0.29) is 23.0 Å². The molecule has 0 aromatic rings. The second kappa shape index (κ2) is 10.2. The summed E-state index contributed by atoms with van der Waals surface area (Å²) in [5.41, 5.74) is 0. The molecule has 0 bridgehead atoms. The fourth-order valence-corrected chi connectivity index (χ4v) is 2.30. The summed E-state index contributed by atoms with van der Waals surface area (Å²) in [6, 6.07) is 0. The molecule has 0 aliphatic heterocycles. The van der Waals surface area contributed by atoms with Crippen LogP contribution in [0.4, 0.5) is 0 Å². The molecule has 2 fully saturated rings. The molecule has 0 radical (unpaired) electrons. The van der Waals surface area contributed by atoms with Crippen LogP contribution in [-0.4, -0.2) is 12.6 Å². The van der Waals surface area contributed by atoms with Crippen molar-refractivity contribution in [3.8, 4) is 0 Å². The minimum absolute atomic E-state index is 0. The average Bonchev–Trinajstić information content (AvgIpc) is 2.91. The smallest absolute Gasteiger partial charge is 0.302 e. The van der Waals surface area contributed by atoms with Crippen LogP contribution in [0.5, 0.6) is 0 Å². The quantitative estimate of drug-likeness (QED) is 0.564. The van der Waals surface area contributed by atoms with Gasteiger partial charge in [0.25, 0.3) is 0 Å². The molecule has 2 saturated carbocycles. The normalized spacial score (nSPS) is 19.6. The summed E-state index contributed by atoms with van der Waals surface area (Å²) in [5.74, 6) is 0.510. The third-order valence-corrected chi connectivity index (χ3v) is 3.25. The minimum atomic E-state index is -0.146. The van der Waals surface area contributed by atoms with E-state index in [2.05, 4.69) is 0 Å². The van der Waals surface area contributed by atoms with Crippen LogP contribution < -0.4 is 0 Å². The maximum absolute atomic E-state index is 10.4. The zero-order chi connectivity index (χ0) is 10.9. The van der Waals surface area contributed by atoms with Crippen molar-refractivity contribution >= 4 is 5.97 Å². The van der Waals surface area contributed by atoms with Crippen LogP contribution >= 0.6 is 0 Å². The Morgan fingerprint density at radius 3 is 1.81 bits per heavy atom. The standard InChI is InChI=1S/C8H14O2.C5H10.Fe/c1-7(9)10-6-8-4-2-3-5-8;1-2-4-5-3-1;/h8H,2-6H2,1H3;1-5H2;. The van der Waals surface area contributed by atoms with E-state index in [0.717, 1.165) is 0 Å². The third-order valence-electron chi connectivity index (χ3n) is 3.25. The number of ether oxygens (including phenoxy) is 1. The van der Waals surface area contributed by atoms with Gasteiger partial charge in [0, 0.05) is 24.0 Å². The van der Waals surface area contributed by atoms with Gasteiger partial charge in [0.2, 0.25) is 0 Å². The Bertz CT molecular complexity index is 165. The number of rotatable bonds is 2. The molecule has 0 saturated heterocycles. The van der Waals surface area contributed by atoms with E-state index in [4.69, 9.17) is 4.74 Å². The average molecular weight is 268 g/mol. The predicted molar refractivity (Wildman–Crippen MR) is 61.7 cm³/mol. The molecule has 16 heavy (non-hydrogen) atoms. The van der Waals surface area contributed by atoms with Crippen molar-refractivity contribution in [1.82, 2.24) is 0 Å². The van der Waals surface area contributed by atoms with Crippen LogP contribution in [-0.2, 0) is 26.6 Å². The SMILES string of the molecule is C1CCCC1.CC(=O)OCC1CCCC1.[Fe]. The van der Waals surface area contributed by atoms with Crippen molar-refractivity contribution in [1.29, 1.82) is 0 Å². The number of hydrogen-bond donors (Lipinski definition) is 0. The first kappa shape index (κ1) is 16.0. The molecular formula is C13H24FeO2. The van der Waals surface area contributed by atoms with Crippen molar-refractivity contribution in [3.63, 3.8) is 0 Å². The zero-order valence-electron chi connectivity index (χ0n) is 10.3. The molecule has 0 spiro atoms. The molecule has 2 aliphatic carbocycles. The van der Waals surface area contributed by atoms with Crippen LogP contribution in [0.2, 0.25) is 0 Å². The van der Waals surface area contributed by atoms with E-state index in [0.29, 0.717) is 12.5 Å². The van der Waals surface area contributed by atoms with Crippen LogP contribution in [0.3, 0.4) is 0 Å². The molecule has 0 N–H and O–H groups in total. The fraction of sp³-hybridized carbons (Fsp3) is 0.923. The van der Waals surface area contributed by atoms with Gasteiger partial charge in [0.15, 0.2) is 0 Å². The minimum Gasteiger partial charge on any atom is -0.466 e. The maximum atomic E-state index is 10.4. The number of hydrogen-bond acceptors (Lipinski definition) is 2. The van der Waals surface area contributed by atoms with Gasteiger partial charge in [-0.2, -0.15) is 0 Å². The van der Waals surface area contributed by atoms with Crippen molar-refractivity contribution < 1.29 is 26.6 Å². The Balaban J connectivity index is 0.000000318. The summed E-state index contributed by atoms with van der Waals surface area (Å²) in [6.45, 7) is 2.12. The molecule has 2 aliphatic rings. The Morgan fingerprint density at radius 1 is 1.00 bits per heavy atom. The maximum Gasteiger partial charge on any atom is 0.302 e. The van der Waals surface area contributed by atoms with Gasteiger partial charge in [-0.15, -0.1) is 0 Å². The van der Waals surface area contributed by atoms with Gasteiger partial charge in [-0.3, -0.25) is 4.79 Å². The van der Waals surface area contributed by atoms with E-state index in [1.165, 1.54) is 64.7 Å². The zero-order valence-corrected chi connectivity index (χ0v) is 11.4. The predicted octanol–water partition coefficient (Wildman–Crippen LogP) is 3.69. The van der Waals surface area contributed by atoms with Gasteiger partial charge in [-0.25, -0.2) is 0 Å². The van der Waals surface area contributed by atoms with Crippen LogP contribution in [0.1, 0.15) is 64.7 Å². The fourth-order valence-electron chi connectivity index (χ4n) is 2.30. The summed E-state index contributed by atoms with van der Waals surface area (Å²) in [6.07, 6.45) is 12.6. The molecule has 0 unspecified atom stereocenters. The first-order valence-corrected chi connectivity index (χ1v) is 6.42. The van der Waals surface area contributed by atoms with Gasteiger partial charge in [-0.1, -0.05) is 44.9 Å². The summed E-state index contributed by atoms with van der Waals surface area (Å²) < 4.78 is 4.89. The second-order valence-corrected chi connectivity index (χ2v) is 4.72. The molecule has 0 heterocycles. The van der Waals surface area contributed by atoms with Gasteiger partial charge >= 0.3 is 5.97 Å². The topological polar surface area (TPSA) is 26.3 Å². The Labute approximate surface area is 110 Å². The molecule has 3 heteroatoms. The van der Waals surface area contributed by atoms with Crippen LogP contribution in [0.15, 0.2) is 0 Å². The Hall–Kier alpha value is -0.0105. The summed E-state index contributed by atoms with van der Waals surface area (Å²) in [5, 5.41) is 0. The first-order chi connectivity index (χ1) is 7.29. The Morgan fingerprint density at radius 2 is 1.44 bits per heavy atom. The molecule has 2 rings (SSSR count). The molecular weight excluding hydrogens is 244 g/mol. The van der Waals surface area contributed by atoms with E-state index in [1.54, 1.807) is 0 Å². The number of carbonyl (C=O) groups is 1. The van der Waals surface area contributed by atoms with E-state index < -0.39 is 0 Å². The van der Waals surface area contributed by atoms with Gasteiger partial charge < -0.3 is 4.74 Å². The number of esters is 1. The van der Waals surface area contributed by atoms with E-state index >= 15 is 0 Å². The van der Waals surface area contributed by atoms with Crippen molar-refractivity contribution in [2.24, 2.45) is 5.92 Å². The molecule has 2 nitrogen and oxygen atoms in total. The monoisotopic (exact) mass is 268 g/mol. The summed E-state index contributed by atoms with van der Waals surface area (Å²) >= 11 is 0. The van der Waals surface area contributed by atoms with Crippen LogP contribution in [0.25, 0.3) is 0 Å². The van der Waals surface area contributed by atoms with Gasteiger partial charge in [-0.05, 0) is 18.8 Å². The van der Waals surface area contributed by atoms with Gasteiger partial charge in [0.1, 0.15) is 0 Å². The first-order valence-electron chi connectivity index (χ1n) is 6.42. The Kier molecular flexibility index (Phi) is 10.2. The van der Waals surface area contributed by atoms with E-state index in [9.17, 15) is 4.79 Å². The van der Waals surface area contributed by atoms with Crippen LogP contribution in [0, 0.1) is 5.92 Å². The molecule has 0 aromatic carbocycles. The second-order valence-electron chi connectivity index (χ2n) is 4.72. The van der Waals surface area contributed by atoms with E-state index in [1.807, 2.05) is 0 Å². The van der Waals surface area contributed by atoms with Crippen molar-refractivity contribution in [3.05, 3.63) is 0 Å². The third kappa shape index (κ3) is 8.18. The molecule has 0 amide bonds. The van der Waals surface area contributed by atoms with Crippen molar-refractivity contribution in [2.45, 2.75) is 64.7 Å². The summed E-state index contributed by atoms with van der Waals surface area (Å²) in [4.78, 5) is 10.4. The molecule has 0 aromatic heterocycles. The molecule has 96 valence electrons. The number of carbonyl (C=O) groups excluding carboxylic acids is 1. The van der Waals surface area contributed by atoms with Crippen molar-refractivity contribution in [2.75, 3.05) is 6.61 Å².